The third-order valence-corrected chi connectivity index (χ3v) is 3.22. The highest BCUT2D eigenvalue weighted by atomic mass is 79.9. The van der Waals surface area contributed by atoms with E-state index in [-0.39, 0.29) is 6.10 Å². The zero-order valence-corrected chi connectivity index (χ0v) is 11.0. The smallest absolute Gasteiger partial charge is 0.0545 e. The fraction of sp³-hybridized carbons (Fsp3) is 0.538. The number of benzene rings is 1. The molecule has 0 aliphatic carbocycles. The topological polar surface area (TPSA) is 20.2 Å². The van der Waals surface area contributed by atoms with E-state index in [2.05, 4.69) is 35.8 Å². The van der Waals surface area contributed by atoms with Gasteiger partial charge in [0.1, 0.15) is 0 Å². The molecule has 0 heterocycles. The van der Waals surface area contributed by atoms with Crippen LogP contribution in [0.15, 0.2) is 28.7 Å². The number of hydrogen-bond donors (Lipinski definition) is 1. The molecular formula is C13H19BrO. The van der Waals surface area contributed by atoms with Gasteiger partial charge < -0.3 is 5.11 Å². The Morgan fingerprint density at radius 2 is 1.93 bits per heavy atom. The van der Waals surface area contributed by atoms with Gasteiger partial charge >= 0.3 is 0 Å². The van der Waals surface area contributed by atoms with Gasteiger partial charge in [0, 0.05) is 4.47 Å². The average molecular weight is 271 g/mol. The molecular weight excluding hydrogens is 252 g/mol. The molecule has 1 aromatic carbocycles. The van der Waals surface area contributed by atoms with Crippen molar-refractivity contribution in [1.29, 1.82) is 0 Å². The number of hydrogen-bond acceptors (Lipinski definition) is 1. The molecule has 15 heavy (non-hydrogen) atoms. The zero-order chi connectivity index (χ0) is 11.3. The van der Waals surface area contributed by atoms with E-state index < -0.39 is 0 Å². The molecule has 0 aliphatic heterocycles. The molecule has 84 valence electrons. The van der Waals surface area contributed by atoms with Crippen LogP contribution in [0.2, 0.25) is 0 Å². The van der Waals surface area contributed by atoms with E-state index in [0.29, 0.717) is 5.92 Å². The Bertz CT molecular complexity index is 296. The van der Waals surface area contributed by atoms with E-state index in [1.807, 2.05) is 18.2 Å². The van der Waals surface area contributed by atoms with Crippen LogP contribution in [-0.2, 0) is 6.42 Å². The van der Waals surface area contributed by atoms with Gasteiger partial charge in [0.25, 0.3) is 0 Å². The van der Waals surface area contributed by atoms with Crippen molar-refractivity contribution < 1.29 is 5.11 Å². The molecule has 0 bridgehead atoms. The van der Waals surface area contributed by atoms with E-state index in [4.69, 9.17) is 0 Å². The molecule has 0 saturated heterocycles. The van der Waals surface area contributed by atoms with Gasteiger partial charge in [0.15, 0.2) is 0 Å². The highest BCUT2D eigenvalue weighted by molar-refractivity contribution is 9.10. The van der Waals surface area contributed by atoms with E-state index in [0.717, 1.165) is 23.7 Å². The largest absolute Gasteiger partial charge is 0.393 e. The number of aryl methyl sites for hydroxylation is 1. The first-order valence-electron chi connectivity index (χ1n) is 5.51. The van der Waals surface area contributed by atoms with Crippen molar-refractivity contribution in [2.75, 3.05) is 0 Å². The summed E-state index contributed by atoms with van der Waals surface area (Å²) in [7, 11) is 0. The van der Waals surface area contributed by atoms with E-state index >= 15 is 0 Å². The molecule has 1 atom stereocenters. The Kier molecular flexibility index (Phi) is 5.34. The fourth-order valence-electron chi connectivity index (χ4n) is 1.69. The molecule has 1 rings (SSSR count). The van der Waals surface area contributed by atoms with E-state index in [1.165, 1.54) is 5.56 Å². The van der Waals surface area contributed by atoms with E-state index in [9.17, 15) is 5.11 Å². The summed E-state index contributed by atoms with van der Waals surface area (Å²) >= 11 is 3.52. The van der Waals surface area contributed by atoms with Gasteiger partial charge in [-0.05, 0) is 36.8 Å². The lowest BCUT2D eigenvalue weighted by atomic mass is 10.00. The summed E-state index contributed by atoms with van der Waals surface area (Å²) in [4.78, 5) is 0. The molecule has 0 aliphatic rings. The minimum absolute atomic E-state index is 0.169. The number of aliphatic hydroxyl groups is 1. The molecule has 0 aromatic heterocycles. The first kappa shape index (κ1) is 12.7. The number of halogens is 1. The Balaban J connectivity index is 2.40. The molecule has 2 heteroatoms. The van der Waals surface area contributed by atoms with Gasteiger partial charge in [0.05, 0.1) is 6.10 Å². The minimum Gasteiger partial charge on any atom is -0.393 e. The Labute approximate surface area is 101 Å². The fourth-order valence-corrected chi connectivity index (χ4v) is 2.17. The van der Waals surface area contributed by atoms with E-state index in [1.54, 1.807) is 0 Å². The zero-order valence-electron chi connectivity index (χ0n) is 9.41. The first-order valence-corrected chi connectivity index (χ1v) is 6.30. The second-order valence-corrected chi connectivity index (χ2v) is 5.27. The third kappa shape index (κ3) is 4.80. The standard InChI is InChI=1S/C13H19BrO/c1-10(2)9-12(15)8-7-11-5-3-4-6-13(11)14/h3-6,10,12,15H,7-9H2,1-2H3. The number of rotatable bonds is 5. The first-order chi connectivity index (χ1) is 7.09. The maximum absolute atomic E-state index is 9.76. The van der Waals surface area contributed by atoms with Gasteiger partial charge in [-0.2, -0.15) is 0 Å². The molecule has 0 saturated carbocycles. The van der Waals surface area contributed by atoms with Crippen molar-refractivity contribution in [3.05, 3.63) is 34.3 Å². The monoisotopic (exact) mass is 270 g/mol. The molecule has 1 unspecified atom stereocenters. The quantitative estimate of drug-likeness (QED) is 0.863. The summed E-state index contributed by atoms with van der Waals surface area (Å²) < 4.78 is 1.14. The average Bonchev–Trinajstić information content (AvgIpc) is 2.15. The molecule has 0 spiro atoms. The maximum atomic E-state index is 9.76. The summed E-state index contributed by atoms with van der Waals surface area (Å²) in [5.41, 5.74) is 1.28. The summed E-state index contributed by atoms with van der Waals surface area (Å²) in [6, 6.07) is 8.20. The van der Waals surface area contributed by atoms with Crippen LogP contribution < -0.4 is 0 Å². The van der Waals surface area contributed by atoms with Crippen LogP contribution in [0.5, 0.6) is 0 Å². The van der Waals surface area contributed by atoms with Gasteiger partial charge in [0.2, 0.25) is 0 Å². The van der Waals surface area contributed by atoms with Gasteiger partial charge in [-0.3, -0.25) is 0 Å². The molecule has 1 aromatic rings. The van der Waals surface area contributed by atoms with Crippen LogP contribution in [0.25, 0.3) is 0 Å². The Hall–Kier alpha value is -0.340. The Morgan fingerprint density at radius 3 is 2.53 bits per heavy atom. The maximum Gasteiger partial charge on any atom is 0.0545 e. The number of aliphatic hydroxyl groups excluding tert-OH is 1. The van der Waals surface area contributed by atoms with Crippen LogP contribution >= 0.6 is 15.9 Å². The second-order valence-electron chi connectivity index (χ2n) is 4.41. The van der Waals surface area contributed by atoms with Crippen molar-refractivity contribution in [3.8, 4) is 0 Å². The summed E-state index contributed by atoms with van der Waals surface area (Å²) in [5, 5.41) is 9.76. The molecule has 1 nitrogen and oxygen atoms in total. The van der Waals surface area contributed by atoms with Crippen molar-refractivity contribution in [3.63, 3.8) is 0 Å². The SMILES string of the molecule is CC(C)CC(O)CCc1ccccc1Br. The summed E-state index contributed by atoms with van der Waals surface area (Å²) in [6.07, 6.45) is 2.51. The van der Waals surface area contributed by atoms with Crippen molar-refractivity contribution in [1.82, 2.24) is 0 Å². The highest BCUT2D eigenvalue weighted by Gasteiger charge is 2.08. The Morgan fingerprint density at radius 1 is 1.27 bits per heavy atom. The van der Waals surface area contributed by atoms with Gasteiger partial charge in [-0.15, -0.1) is 0 Å². The van der Waals surface area contributed by atoms with Crippen molar-refractivity contribution >= 4 is 15.9 Å². The van der Waals surface area contributed by atoms with Crippen molar-refractivity contribution in [2.24, 2.45) is 5.92 Å². The highest BCUT2D eigenvalue weighted by Crippen LogP contribution is 2.19. The van der Waals surface area contributed by atoms with Crippen LogP contribution in [-0.4, -0.2) is 11.2 Å². The lowest BCUT2D eigenvalue weighted by Crippen LogP contribution is -2.11. The lowest BCUT2D eigenvalue weighted by molar-refractivity contribution is 0.139. The van der Waals surface area contributed by atoms with Crippen molar-refractivity contribution in [2.45, 2.75) is 39.2 Å². The van der Waals surface area contributed by atoms with Crippen LogP contribution in [0, 0.1) is 5.92 Å². The minimum atomic E-state index is -0.169. The summed E-state index contributed by atoms with van der Waals surface area (Å²) in [6.45, 7) is 4.28. The predicted molar refractivity (Wildman–Crippen MR) is 67.9 cm³/mol. The predicted octanol–water partition coefficient (Wildman–Crippen LogP) is 3.79. The second kappa shape index (κ2) is 6.29. The third-order valence-electron chi connectivity index (χ3n) is 2.45. The van der Waals surface area contributed by atoms with Gasteiger partial charge in [-0.25, -0.2) is 0 Å². The van der Waals surface area contributed by atoms with Crippen LogP contribution in [0.4, 0.5) is 0 Å². The molecule has 0 fully saturated rings. The molecule has 0 amide bonds. The normalized spacial score (nSPS) is 13.1. The van der Waals surface area contributed by atoms with Gasteiger partial charge in [-0.1, -0.05) is 48.0 Å². The van der Waals surface area contributed by atoms with Crippen LogP contribution in [0.3, 0.4) is 0 Å². The molecule has 1 N–H and O–H groups in total. The molecule has 0 radical (unpaired) electrons. The summed E-state index contributed by atoms with van der Waals surface area (Å²) in [5.74, 6) is 0.569. The lowest BCUT2D eigenvalue weighted by Gasteiger charge is -2.13. The van der Waals surface area contributed by atoms with Crippen LogP contribution in [0.1, 0.15) is 32.3 Å².